The lowest BCUT2D eigenvalue weighted by Gasteiger charge is -2.08. The van der Waals surface area contributed by atoms with Crippen molar-refractivity contribution in [2.75, 3.05) is 7.11 Å². The van der Waals surface area contributed by atoms with Gasteiger partial charge in [0.2, 0.25) is 15.7 Å². The number of rotatable bonds is 5. The topological polar surface area (TPSA) is 112 Å². The molecule has 0 fully saturated rings. The molecule has 0 atom stereocenters. The van der Waals surface area contributed by atoms with Crippen LogP contribution in [0.3, 0.4) is 0 Å². The van der Waals surface area contributed by atoms with E-state index in [0.29, 0.717) is 11.4 Å². The molecule has 2 heterocycles. The van der Waals surface area contributed by atoms with Gasteiger partial charge in [-0.25, -0.2) is 13.2 Å². The monoisotopic (exact) mass is 435 g/mol. The standard InChI is InChI=1S/C22H17N3O5S/c1-14-11-16(13-23-12-14)20-24-21(30-25-20)18-5-3-4-6-19(18)31(27,28)17-9-7-15(8-10-17)22(26)29-2/h3-13H,1-2H3. The normalized spacial score (nSPS) is 11.3. The van der Waals surface area contributed by atoms with Crippen molar-refractivity contribution in [1.82, 2.24) is 15.1 Å². The quantitative estimate of drug-likeness (QED) is 0.436. The highest BCUT2D eigenvalue weighted by molar-refractivity contribution is 7.91. The van der Waals surface area contributed by atoms with E-state index in [-0.39, 0.29) is 26.8 Å². The first-order valence-corrected chi connectivity index (χ1v) is 10.7. The molecule has 0 aliphatic carbocycles. The summed E-state index contributed by atoms with van der Waals surface area (Å²) in [4.78, 5) is 20.1. The van der Waals surface area contributed by atoms with Crippen molar-refractivity contribution >= 4 is 15.8 Å². The maximum absolute atomic E-state index is 13.3. The van der Waals surface area contributed by atoms with E-state index in [0.717, 1.165) is 5.56 Å². The second-order valence-electron chi connectivity index (χ2n) is 6.69. The van der Waals surface area contributed by atoms with Crippen LogP contribution in [0.25, 0.3) is 22.8 Å². The van der Waals surface area contributed by atoms with E-state index in [9.17, 15) is 13.2 Å². The Balaban J connectivity index is 1.75. The van der Waals surface area contributed by atoms with Crippen molar-refractivity contribution < 1.29 is 22.5 Å². The molecule has 9 heteroatoms. The molecule has 8 nitrogen and oxygen atoms in total. The zero-order valence-corrected chi connectivity index (χ0v) is 17.5. The molecule has 156 valence electrons. The van der Waals surface area contributed by atoms with Gasteiger partial charge in [-0.05, 0) is 55.0 Å². The first kappa shape index (κ1) is 20.4. The summed E-state index contributed by atoms with van der Waals surface area (Å²) in [6.07, 6.45) is 3.31. The maximum atomic E-state index is 13.3. The van der Waals surface area contributed by atoms with Gasteiger partial charge in [0, 0.05) is 18.0 Å². The van der Waals surface area contributed by atoms with Crippen LogP contribution in [-0.4, -0.2) is 36.6 Å². The van der Waals surface area contributed by atoms with Crippen molar-refractivity contribution in [3.05, 3.63) is 78.1 Å². The van der Waals surface area contributed by atoms with Crippen molar-refractivity contribution in [3.63, 3.8) is 0 Å². The van der Waals surface area contributed by atoms with Gasteiger partial charge in [0.05, 0.1) is 28.0 Å². The van der Waals surface area contributed by atoms with E-state index < -0.39 is 15.8 Å². The summed E-state index contributed by atoms with van der Waals surface area (Å²) in [6.45, 7) is 1.89. The Morgan fingerprint density at radius 2 is 1.77 bits per heavy atom. The van der Waals surface area contributed by atoms with Crippen LogP contribution in [0.15, 0.2) is 81.3 Å². The molecule has 31 heavy (non-hydrogen) atoms. The Kier molecular flexibility index (Phi) is 5.35. The summed E-state index contributed by atoms with van der Waals surface area (Å²) in [6, 6.07) is 13.7. The van der Waals surface area contributed by atoms with E-state index in [1.54, 1.807) is 30.6 Å². The molecule has 4 rings (SSSR count). The number of methoxy groups -OCH3 is 1. The molecular weight excluding hydrogens is 418 g/mol. The number of hydrogen-bond donors (Lipinski definition) is 0. The summed E-state index contributed by atoms with van der Waals surface area (Å²) in [5.41, 5.74) is 2.12. The van der Waals surface area contributed by atoms with Gasteiger partial charge in [-0.15, -0.1) is 0 Å². The summed E-state index contributed by atoms with van der Waals surface area (Å²) < 4.78 is 36.6. The van der Waals surface area contributed by atoms with Crippen molar-refractivity contribution in [2.24, 2.45) is 0 Å². The predicted molar refractivity (Wildman–Crippen MR) is 111 cm³/mol. The fourth-order valence-electron chi connectivity index (χ4n) is 3.02. The van der Waals surface area contributed by atoms with Gasteiger partial charge in [-0.1, -0.05) is 17.3 Å². The average molecular weight is 435 g/mol. The van der Waals surface area contributed by atoms with E-state index in [1.807, 2.05) is 13.0 Å². The van der Waals surface area contributed by atoms with Gasteiger partial charge in [0.15, 0.2) is 0 Å². The van der Waals surface area contributed by atoms with Crippen molar-refractivity contribution in [2.45, 2.75) is 16.7 Å². The average Bonchev–Trinajstić information content (AvgIpc) is 3.29. The van der Waals surface area contributed by atoms with Crippen LogP contribution in [0.4, 0.5) is 0 Å². The first-order valence-electron chi connectivity index (χ1n) is 9.19. The second kappa shape index (κ2) is 8.11. The lowest BCUT2D eigenvalue weighted by atomic mass is 10.2. The fourth-order valence-corrected chi connectivity index (χ4v) is 4.47. The zero-order chi connectivity index (χ0) is 22.0. The molecule has 0 spiro atoms. The van der Waals surface area contributed by atoms with Crippen LogP contribution in [0, 0.1) is 6.92 Å². The van der Waals surface area contributed by atoms with E-state index >= 15 is 0 Å². The molecule has 2 aromatic carbocycles. The third kappa shape index (κ3) is 3.95. The number of ether oxygens (including phenoxy) is 1. The minimum absolute atomic E-state index is 0.0124. The lowest BCUT2D eigenvalue weighted by molar-refractivity contribution is 0.0600. The highest BCUT2D eigenvalue weighted by Crippen LogP contribution is 2.31. The number of carbonyl (C=O) groups is 1. The van der Waals surface area contributed by atoms with Crippen LogP contribution in [0.2, 0.25) is 0 Å². The number of carbonyl (C=O) groups excluding carboxylic acids is 1. The summed E-state index contributed by atoms with van der Waals surface area (Å²) in [7, 11) is -2.66. The number of aryl methyl sites for hydroxylation is 1. The van der Waals surface area contributed by atoms with Crippen LogP contribution in [-0.2, 0) is 14.6 Å². The van der Waals surface area contributed by atoms with E-state index in [2.05, 4.69) is 19.9 Å². The lowest BCUT2D eigenvalue weighted by Crippen LogP contribution is -2.06. The summed E-state index contributed by atoms with van der Waals surface area (Å²) in [5.74, 6) is -0.170. The Hall–Kier alpha value is -3.85. The molecule has 0 bridgehead atoms. The molecule has 0 radical (unpaired) electrons. The molecule has 0 N–H and O–H groups in total. The van der Waals surface area contributed by atoms with Gasteiger partial charge in [-0.3, -0.25) is 4.98 Å². The molecule has 0 saturated carbocycles. The Labute approximate surface area is 178 Å². The minimum atomic E-state index is -3.92. The van der Waals surface area contributed by atoms with Gasteiger partial charge >= 0.3 is 5.97 Å². The van der Waals surface area contributed by atoms with Crippen molar-refractivity contribution in [1.29, 1.82) is 0 Å². The number of pyridine rings is 1. The van der Waals surface area contributed by atoms with Crippen LogP contribution < -0.4 is 0 Å². The number of nitrogens with zero attached hydrogens (tertiary/aromatic N) is 3. The molecule has 0 saturated heterocycles. The summed E-state index contributed by atoms with van der Waals surface area (Å²) >= 11 is 0. The fraction of sp³-hybridized carbons (Fsp3) is 0.0909. The van der Waals surface area contributed by atoms with Gasteiger partial charge in [-0.2, -0.15) is 4.98 Å². The minimum Gasteiger partial charge on any atom is -0.465 e. The van der Waals surface area contributed by atoms with Gasteiger partial charge in [0.1, 0.15) is 0 Å². The first-order chi connectivity index (χ1) is 14.9. The van der Waals surface area contributed by atoms with Crippen LogP contribution in [0.1, 0.15) is 15.9 Å². The Bertz CT molecular complexity index is 1360. The number of benzene rings is 2. The molecule has 2 aromatic heterocycles. The predicted octanol–water partition coefficient (Wildman–Crippen LogP) is 3.73. The third-order valence-electron chi connectivity index (χ3n) is 4.55. The smallest absolute Gasteiger partial charge is 0.337 e. The van der Waals surface area contributed by atoms with Crippen LogP contribution >= 0.6 is 0 Å². The maximum Gasteiger partial charge on any atom is 0.337 e. The Morgan fingerprint density at radius 1 is 1.03 bits per heavy atom. The molecule has 0 unspecified atom stereocenters. The van der Waals surface area contributed by atoms with Crippen molar-refractivity contribution in [3.8, 4) is 22.8 Å². The highest BCUT2D eigenvalue weighted by atomic mass is 32.2. The van der Waals surface area contributed by atoms with Crippen LogP contribution in [0.5, 0.6) is 0 Å². The largest absolute Gasteiger partial charge is 0.465 e. The SMILES string of the molecule is COC(=O)c1ccc(S(=O)(=O)c2ccccc2-c2nc(-c3cncc(C)c3)no2)cc1. The van der Waals surface area contributed by atoms with Gasteiger partial charge in [0.25, 0.3) is 5.89 Å². The second-order valence-corrected chi connectivity index (χ2v) is 8.61. The van der Waals surface area contributed by atoms with E-state index in [4.69, 9.17) is 4.52 Å². The van der Waals surface area contributed by atoms with Gasteiger partial charge < -0.3 is 9.26 Å². The number of esters is 1. The molecular formula is C22H17N3O5S. The third-order valence-corrected chi connectivity index (χ3v) is 6.38. The highest BCUT2D eigenvalue weighted by Gasteiger charge is 2.25. The molecule has 0 aliphatic rings. The number of aromatic nitrogens is 3. The van der Waals surface area contributed by atoms with E-state index in [1.165, 1.54) is 37.4 Å². The Morgan fingerprint density at radius 3 is 2.48 bits per heavy atom. The molecule has 0 aliphatic heterocycles. The number of sulfone groups is 1. The molecule has 0 amide bonds. The number of hydrogen-bond acceptors (Lipinski definition) is 8. The zero-order valence-electron chi connectivity index (χ0n) is 16.6. The summed E-state index contributed by atoms with van der Waals surface area (Å²) in [5, 5.41) is 3.97. The molecule has 4 aromatic rings.